The second-order valence-electron chi connectivity index (χ2n) is 8.63. The van der Waals surface area contributed by atoms with Crippen molar-refractivity contribution in [2.75, 3.05) is 18.4 Å². The summed E-state index contributed by atoms with van der Waals surface area (Å²) in [6, 6.07) is 15.1. The fraction of sp³-hybridized carbons (Fsp3) is 0.440. The Kier molecular flexibility index (Phi) is 7.13. The molecule has 1 N–H and O–H groups in total. The smallest absolute Gasteiger partial charge is 0.411 e. The first-order valence-corrected chi connectivity index (χ1v) is 11.5. The van der Waals surface area contributed by atoms with E-state index in [0.29, 0.717) is 28.5 Å². The van der Waals surface area contributed by atoms with Crippen LogP contribution in [0.3, 0.4) is 0 Å². The Morgan fingerprint density at radius 1 is 0.935 bits per heavy atom. The minimum atomic E-state index is -0.480. The quantitative estimate of drug-likeness (QED) is 0.629. The van der Waals surface area contributed by atoms with Gasteiger partial charge in [-0.05, 0) is 73.4 Å². The Bertz CT molecular complexity index is 886. The molecule has 1 heterocycles. The highest BCUT2D eigenvalue weighted by Gasteiger charge is 2.31. The van der Waals surface area contributed by atoms with Crippen LogP contribution in [0, 0.1) is 11.8 Å². The van der Waals surface area contributed by atoms with Crippen LogP contribution in [0.4, 0.5) is 10.5 Å². The number of halogens is 1. The maximum atomic E-state index is 12.4. The fourth-order valence-electron chi connectivity index (χ4n) is 4.21. The molecule has 1 aliphatic heterocycles. The molecule has 5 nitrogen and oxygen atoms in total. The van der Waals surface area contributed by atoms with Crippen LogP contribution in [0.1, 0.15) is 43.2 Å². The van der Waals surface area contributed by atoms with Gasteiger partial charge in [-0.15, -0.1) is 0 Å². The van der Waals surface area contributed by atoms with Gasteiger partial charge in [-0.25, -0.2) is 4.79 Å². The van der Waals surface area contributed by atoms with Gasteiger partial charge in [0.15, 0.2) is 0 Å². The first kappa shape index (κ1) is 21.7. The molecule has 2 aromatic rings. The van der Waals surface area contributed by atoms with Crippen molar-refractivity contribution in [3.05, 3.63) is 64.7 Å². The molecular formula is C25H29ClN2O3. The molecule has 0 radical (unpaired) electrons. The summed E-state index contributed by atoms with van der Waals surface area (Å²) in [5, 5.41) is 3.42. The summed E-state index contributed by atoms with van der Waals surface area (Å²) < 4.78 is 5.26. The van der Waals surface area contributed by atoms with Gasteiger partial charge in [0.25, 0.3) is 0 Å². The number of piperidine rings is 1. The Labute approximate surface area is 188 Å². The number of hydrogen-bond acceptors (Lipinski definition) is 3. The largest absolute Gasteiger partial charge is 0.444 e. The number of likely N-dealkylation sites (tertiary alicyclic amines) is 1. The number of hydrogen-bond donors (Lipinski definition) is 1. The van der Waals surface area contributed by atoms with Crippen LogP contribution in [0.2, 0.25) is 5.02 Å². The van der Waals surface area contributed by atoms with Crippen molar-refractivity contribution in [2.24, 2.45) is 11.8 Å². The lowest BCUT2D eigenvalue weighted by atomic mass is 9.83. The highest BCUT2D eigenvalue weighted by molar-refractivity contribution is 6.30. The van der Waals surface area contributed by atoms with Gasteiger partial charge in [0.2, 0.25) is 5.91 Å². The first-order chi connectivity index (χ1) is 15.1. The fourth-order valence-corrected chi connectivity index (χ4v) is 4.34. The van der Waals surface area contributed by atoms with E-state index in [9.17, 15) is 9.59 Å². The number of nitrogens with one attached hydrogen (secondary N) is 1. The van der Waals surface area contributed by atoms with Gasteiger partial charge in [-0.3, -0.25) is 10.1 Å². The summed E-state index contributed by atoms with van der Waals surface area (Å²) in [5.74, 6) is 1.28. The number of carbonyl (C=O) groups is 2. The van der Waals surface area contributed by atoms with E-state index in [1.54, 1.807) is 12.1 Å². The second kappa shape index (κ2) is 10.2. The van der Waals surface area contributed by atoms with Gasteiger partial charge in [0.05, 0.1) is 0 Å². The molecule has 1 saturated carbocycles. The lowest BCUT2D eigenvalue weighted by molar-refractivity contribution is -0.139. The monoisotopic (exact) mass is 440 g/mol. The molecule has 0 atom stereocenters. The van der Waals surface area contributed by atoms with Crippen LogP contribution < -0.4 is 5.32 Å². The Morgan fingerprint density at radius 2 is 1.58 bits per heavy atom. The van der Waals surface area contributed by atoms with Gasteiger partial charge in [0, 0.05) is 29.7 Å². The SMILES string of the molecule is O=C(Nc1ccc(CC2CCN(C(=O)C3CCC3)CC2)cc1)OCc1ccc(Cl)cc1. The van der Waals surface area contributed by atoms with Crippen molar-refractivity contribution in [2.45, 2.75) is 45.1 Å². The van der Waals surface area contributed by atoms with E-state index in [-0.39, 0.29) is 6.61 Å². The van der Waals surface area contributed by atoms with Crippen LogP contribution in [0.25, 0.3) is 0 Å². The van der Waals surface area contributed by atoms with Crippen molar-refractivity contribution in [3.63, 3.8) is 0 Å². The zero-order chi connectivity index (χ0) is 21.6. The molecule has 0 unspecified atom stereocenters. The van der Waals surface area contributed by atoms with Crippen LogP contribution >= 0.6 is 11.6 Å². The molecule has 0 bridgehead atoms. The van der Waals surface area contributed by atoms with E-state index in [2.05, 4.69) is 22.3 Å². The van der Waals surface area contributed by atoms with Crippen LogP contribution in [0.15, 0.2) is 48.5 Å². The molecule has 164 valence electrons. The highest BCUT2D eigenvalue weighted by atomic mass is 35.5. The third-order valence-corrected chi connectivity index (χ3v) is 6.64. The molecule has 2 aromatic carbocycles. The summed E-state index contributed by atoms with van der Waals surface area (Å²) >= 11 is 5.86. The zero-order valence-electron chi connectivity index (χ0n) is 17.7. The maximum absolute atomic E-state index is 12.4. The van der Waals surface area contributed by atoms with Gasteiger partial charge >= 0.3 is 6.09 Å². The Balaban J connectivity index is 1.19. The predicted molar refractivity (Wildman–Crippen MR) is 122 cm³/mol. The van der Waals surface area contributed by atoms with E-state index in [4.69, 9.17) is 16.3 Å². The summed E-state index contributed by atoms with van der Waals surface area (Å²) in [6.45, 7) is 1.97. The predicted octanol–water partition coefficient (Wildman–Crippen LogP) is 5.67. The summed E-state index contributed by atoms with van der Waals surface area (Å²) in [4.78, 5) is 26.5. The number of benzene rings is 2. The summed E-state index contributed by atoms with van der Waals surface area (Å²) in [6.07, 6.45) is 6.02. The van der Waals surface area contributed by atoms with Gasteiger partial charge in [-0.1, -0.05) is 42.3 Å². The maximum Gasteiger partial charge on any atom is 0.411 e. The molecule has 2 fully saturated rings. The van der Waals surface area contributed by atoms with Crippen LogP contribution in [-0.2, 0) is 22.6 Å². The van der Waals surface area contributed by atoms with Crippen molar-refractivity contribution in [3.8, 4) is 0 Å². The van der Waals surface area contributed by atoms with Crippen molar-refractivity contribution in [1.82, 2.24) is 4.90 Å². The Morgan fingerprint density at radius 3 is 2.19 bits per heavy atom. The summed E-state index contributed by atoms with van der Waals surface area (Å²) in [5.41, 5.74) is 2.85. The van der Waals surface area contributed by atoms with E-state index in [1.807, 2.05) is 24.3 Å². The molecule has 6 heteroatoms. The molecule has 1 saturated heterocycles. The van der Waals surface area contributed by atoms with Crippen molar-refractivity contribution >= 4 is 29.3 Å². The standard InChI is InChI=1S/C25H29ClN2O3/c26-22-8-4-20(5-9-22)17-31-25(30)27-23-10-6-18(7-11-23)16-19-12-14-28(15-13-19)24(29)21-2-1-3-21/h4-11,19,21H,1-3,12-17H2,(H,27,30). The van der Waals surface area contributed by atoms with E-state index in [1.165, 1.54) is 12.0 Å². The molecule has 1 aliphatic carbocycles. The number of carbonyl (C=O) groups excluding carboxylic acids is 2. The third kappa shape index (κ3) is 6.01. The van der Waals surface area contributed by atoms with Crippen LogP contribution in [-0.4, -0.2) is 30.0 Å². The zero-order valence-corrected chi connectivity index (χ0v) is 18.4. The van der Waals surface area contributed by atoms with Crippen LogP contribution in [0.5, 0.6) is 0 Å². The number of ether oxygens (including phenoxy) is 1. The van der Waals surface area contributed by atoms with E-state index < -0.39 is 6.09 Å². The lowest BCUT2D eigenvalue weighted by Gasteiger charge is -2.36. The number of rotatable bonds is 6. The normalized spacial score (nSPS) is 17.1. The van der Waals surface area contributed by atoms with Crippen molar-refractivity contribution < 1.29 is 14.3 Å². The number of anilines is 1. The first-order valence-electron chi connectivity index (χ1n) is 11.1. The number of nitrogens with zero attached hydrogens (tertiary/aromatic N) is 1. The van der Waals surface area contributed by atoms with Gasteiger partial charge in [-0.2, -0.15) is 0 Å². The molecule has 2 amide bonds. The average molecular weight is 441 g/mol. The van der Waals surface area contributed by atoms with Crippen molar-refractivity contribution in [1.29, 1.82) is 0 Å². The third-order valence-electron chi connectivity index (χ3n) is 6.39. The molecule has 2 aliphatic rings. The van der Waals surface area contributed by atoms with Gasteiger partial charge in [0.1, 0.15) is 6.61 Å². The molecular weight excluding hydrogens is 412 g/mol. The second-order valence-corrected chi connectivity index (χ2v) is 9.06. The number of amides is 2. The van der Waals surface area contributed by atoms with E-state index in [0.717, 1.165) is 50.8 Å². The molecule has 4 rings (SSSR count). The molecule has 0 aromatic heterocycles. The average Bonchev–Trinajstić information content (AvgIpc) is 2.74. The molecule has 0 spiro atoms. The minimum Gasteiger partial charge on any atom is -0.444 e. The lowest BCUT2D eigenvalue weighted by Crippen LogP contribution is -2.43. The molecule has 31 heavy (non-hydrogen) atoms. The topological polar surface area (TPSA) is 58.6 Å². The Hall–Kier alpha value is -2.53. The highest BCUT2D eigenvalue weighted by Crippen LogP contribution is 2.30. The minimum absolute atomic E-state index is 0.197. The van der Waals surface area contributed by atoms with E-state index >= 15 is 0 Å². The summed E-state index contributed by atoms with van der Waals surface area (Å²) in [7, 11) is 0. The van der Waals surface area contributed by atoms with Gasteiger partial charge < -0.3 is 9.64 Å².